The van der Waals surface area contributed by atoms with Crippen LogP contribution in [0.1, 0.15) is 37.0 Å². The normalized spacial score (nSPS) is 25.6. The molecule has 1 fully saturated rings. The number of ether oxygens (including phenoxy) is 1. The summed E-state index contributed by atoms with van der Waals surface area (Å²) < 4.78 is 5.94. The van der Waals surface area contributed by atoms with Crippen LogP contribution in [0, 0.1) is 5.21 Å². The first-order valence-electron chi connectivity index (χ1n) is 10.3. The minimum atomic E-state index is -0.865. The molecule has 1 saturated heterocycles. The van der Waals surface area contributed by atoms with Gasteiger partial charge in [0.15, 0.2) is 5.72 Å². The third kappa shape index (κ3) is 3.26. The van der Waals surface area contributed by atoms with Gasteiger partial charge in [-0.2, -0.15) is 0 Å². The van der Waals surface area contributed by atoms with E-state index >= 15 is 0 Å². The number of benzene rings is 2. The standard InChI is InChI=1S/C25H25N3O2/c1-16(2)20-14-18-7-4-10-27-23(18)22(15-20)17-5-3-6-19(13-17)24-25(26,30-24)21-8-11-28(29)12-9-21/h3-11,13-16,24,28H,12,26H2,1-2H3/t24-,25?/m0/s1. The number of aromatic nitrogens is 1. The molecule has 0 radical (unpaired) electrons. The maximum absolute atomic E-state index is 11.5. The topological polar surface area (TPSA) is 78.9 Å². The third-order valence-corrected chi connectivity index (χ3v) is 5.96. The third-order valence-electron chi connectivity index (χ3n) is 5.96. The fraction of sp³-hybridized carbons (Fsp3) is 0.240. The molecule has 3 N–H and O–H groups in total. The highest BCUT2D eigenvalue weighted by atomic mass is 16.6. The van der Waals surface area contributed by atoms with Crippen LogP contribution in [-0.2, 0) is 4.74 Å². The van der Waals surface area contributed by atoms with E-state index in [1.165, 1.54) is 5.56 Å². The summed E-state index contributed by atoms with van der Waals surface area (Å²) in [7, 11) is 0. The van der Waals surface area contributed by atoms with Gasteiger partial charge in [0.2, 0.25) is 0 Å². The van der Waals surface area contributed by atoms with Crippen LogP contribution in [0.4, 0.5) is 0 Å². The number of fused-ring (bicyclic) bond motifs is 1. The van der Waals surface area contributed by atoms with E-state index in [0.717, 1.165) is 33.2 Å². The highest BCUT2D eigenvalue weighted by molar-refractivity contribution is 5.94. The molecule has 152 valence electrons. The van der Waals surface area contributed by atoms with E-state index < -0.39 is 5.72 Å². The number of hydroxylamine groups is 2. The van der Waals surface area contributed by atoms with Crippen LogP contribution >= 0.6 is 0 Å². The summed E-state index contributed by atoms with van der Waals surface area (Å²) in [5.74, 6) is 0.424. The summed E-state index contributed by atoms with van der Waals surface area (Å²) in [6.45, 7) is 4.78. The van der Waals surface area contributed by atoms with Gasteiger partial charge in [-0.1, -0.05) is 38.1 Å². The van der Waals surface area contributed by atoms with Crippen LogP contribution in [0.3, 0.4) is 0 Å². The zero-order chi connectivity index (χ0) is 20.9. The smallest absolute Gasteiger partial charge is 0.174 e. The van der Waals surface area contributed by atoms with Crippen molar-refractivity contribution in [2.75, 3.05) is 6.54 Å². The molecule has 0 spiro atoms. The predicted molar refractivity (Wildman–Crippen MR) is 118 cm³/mol. The maximum Gasteiger partial charge on any atom is 0.174 e. The molecule has 3 aromatic rings. The van der Waals surface area contributed by atoms with Gasteiger partial charge in [-0.3, -0.25) is 10.7 Å². The molecule has 5 heteroatoms. The van der Waals surface area contributed by atoms with Crippen LogP contribution < -0.4 is 10.8 Å². The zero-order valence-electron chi connectivity index (χ0n) is 17.1. The first kappa shape index (κ1) is 19.2. The number of epoxide rings is 1. The number of hydrogen-bond donors (Lipinski definition) is 2. The highest BCUT2D eigenvalue weighted by Gasteiger charge is 2.56. The Labute approximate surface area is 176 Å². The number of pyridine rings is 1. The van der Waals surface area contributed by atoms with Crippen LogP contribution in [0.25, 0.3) is 22.0 Å². The van der Waals surface area contributed by atoms with Crippen LogP contribution in [0.2, 0.25) is 0 Å². The highest BCUT2D eigenvalue weighted by Crippen LogP contribution is 2.51. The fourth-order valence-corrected chi connectivity index (χ4v) is 4.15. The van der Waals surface area contributed by atoms with Crippen molar-refractivity contribution in [1.29, 1.82) is 0 Å². The van der Waals surface area contributed by atoms with Crippen LogP contribution in [0.5, 0.6) is 0 Å². The van der Waals surface area contributed by atoms with E-state index in [-0.39, 0.29) is 11.2 Å². The van der Waals surface area contributed by atoms with Crippen LogP contribution in [-0.4, -0.2) is 17.3 Å². The van der Waals surface area contributed by atoms with E-state index in [4.69, 9.17) is 10.5 Å². The summed E-state index contributed by atoms with van der Waals surface area (Å²) in [5.41, 5.74) is 12.0. The molecule has 3 atom stereocenters. The second-order valence-corrected chi connectivity index (χ2v) is 8.38. The van der Waals surface area contributed by atoms with Crippen LogP contribution in [0.15, 0.2) is 78.7 Å². The molecule has 0 bridgehead atoms. The van der Waals surface area contributed by atoms with Gasteiger partial charge in [0.25, 0.3) is 0 Å². The lowest BCUT2D eigenvalue weighted by molar-refractivity contribution is -0.784. The second-order valence-electron chi connectivity index (χ2n) is 8.38. The minimum absolute atomic E-state index is 0.0889. The molecule has 2 unspecified atom stereocenters. The van der Waals surface area contributed by atoms with Gasteiger partial charge in [-0.15, -0.1) is 0 Å². The van der Waals surface area contributed by atoms with E-state index in [2.05, 4.69) is 49.2 Å². The monoisotopic (exact) mass is 399 g/mol. The predicted octanol–water partition coefficient (Wildman–Crippen LogP) is 3.59. The summed E-state index contributed by atoms with van der Waals surface area (Å²) >= 11 is 0. The zero-order valence-corrected chi connectivity index (χ0v) is 17.1. The van der Waals surface area contributed by atoms with Gasteiger partial charge in [-0.05, 0) is 59.0 Å². The summed E-state index contributed by atoms with van der Waals surface area (Å²) in [6.07, 6.45) is 6.83. The molecule has 2 aliphatic heterocycles. The number of rotatable bonds is 4. The van der Waals surface area contributed by atoms with Gasteiger partial charge >= 0.3 is 0 Å². The average Bonchev–Trinajstić information content (AvgIpc) is 3.46. The van der Waals surface area contributed by atoms with Crippen molar-refractivity contribution >= 4 is 10.9 Å². The Kier molecular flexibility index (Phi) is 4.56. The first-order valence-corrected chi connectivity index (χ1v) is 10.3. The number of nitrogens with one attached hydrogen (secondary N) is 1. The van der Waals surface area contributed by atoms with Crippen molar-refractivity contribution in [2.24, 2.45) is 5.73 Å². The average molecular weight is 399 g/mol. The molecule has 2 aliphatic rings. The van der Waals surface area contributed by atoms with Gasteiger partial charge in [0.05, 0.1) is 11.7 Å². The molecular formula is C25H25N3O2. The lowest BCUT2D eigenvalue weighted by atomic mass is 9.92. The van der Waals surface area contributed by atoms with Crippen molar-refractivity contribution in [1.82, 2.24) is 4.98 Å². The lowest BCUT2D eigenvalue weighted by Gasteiger charge is -2.21. The largest absolute Gasteiger partial charge is 0.629 e. The lowest BCUT2D eigenvalue weighted by Crippen LogP contribution is -3.02. The van der Waals surface area contributed by atoms with Gasteiger partial charge in [-0.25, -0.2) is 0 Å². The number of hydrogen-bond acceptors (Lipinski definition) is 4. The minimum Gasteiger partial charge on any atom is -0.629 e. The molecule has 2 aromatic carbocycles. The summed E-state index contributed by atoms with van der Waals surface area (Å²) in [6, 6.07) is 16.9. The van der Waals surface area contributed by atoms with Gasteiger partial charge in [0, 0.05) is 22.7 Å². The molecular weight excluding hydrogens is 374 g/mol. The SMILES string of the molecule is CC(C)c1cc(-c2cccc([C@@H]3OC3(N)C3=CC[NH+]([O-])C=C3)c2)c2ncccc2c1. The molecule has 1 aromatic heterocycles. The number of quaternary nitrogens is 1. The Morgan fingerprint density at radius 3 is 2.83 bits per heavy atom. The van der Waals surface area contributed by atoms with Crippen molar-refractivity contribution in [3.05, 3.63) is 95.0 Å². The molecule has 0 amide bonds. The molecule has 0 saturated carbocycles. The number of nitrogens with zero attached hydrogens (tertiary/aromatic N) is 1. The second kappa shape index (κ2) is 7.15. The molecule has 5 rings (SSSR count). The fourth-order valence-electron chi connectivity index (χ4n) is 4.15. The van der Waals surface area contributed by atoms with Crippen molar-refractivity contribution in [3.63, 3.8) is 0 Å². The molecule has 30 heavy (non-hydrogen) atoms. The van der Waals surface area contributed by atoms with E-state index in [9.17, 15) is 5.21 Å². The van der Waals surface area contributed by atoms with Gasteiger partial charge in [0.1, 0.15) is 12.6 Å². The van der Waals surface area contributed by atoms with E-state index in [0.29, 0.717) is 12.5 Å². The Hall–Kier alpha value is -2.83. The van der Waals surface area contributed by atoms with Crippen molar-refractivity contribution < 1.29 is 9.80 Å². The Bertz CT molecular complexity index is 1180. The quantitative estimate of drug-likeness (QED) is 0.519. The molecule has 5 nitrogen and oxygen atoms in total. The summed E-state index contributed by atoms with van der Waals surface area (Å²) in [4.78, 5) is 4.65. The Morgan fingerprint density at radius 2 is 2.07 bits per heavy atom. The van der Waals surface area contributed by atoms with Gasteiger partial charge < -0.3 is 15.0 Å². The maximum atomic E-state index is 11.5. The Balaban J connectivity index is 1.53. The Morgan fingerprint density at radius 1 is 1.20 bits per heavy atom. The molecule has 3 heterocycles. The van der Waals surface area contributed by atoms with Crippen molar-refractivity contribution in [2.45, 2.75) is 31.6 Å². The van der Waals surface area contributed by atoms with Crippen molar-refractivity contribution in [3.8, 4) is 11.1 Å². The first-order chi connectivity index (χ1) is 14.5. The number of nitrogens with two attached hydrogens (primary N) is 1. The molecule has 0 aliphatic carbocycles. The van der Waals surface area contributed by atoms with E-state index in [1.54, 1.807) is 12.3 Å². The van der Waals surface area contributed by atoms with E-state index in [1.807, 2.05) is 30.5 Å². The summed E-state index contributed by atoms with van der Waals surface area (Å²) in [5, 5.41) is 12.7.